The van der Waals surface area contributed by atoms with Crippen molar-refractivity contribution in [2.24, 2.45) is 0 Å². The molecule has 1 saturated heterocycles. The molecule has 0 bridgehead atoms. The van der Waals surface area contributed by atoms with E-state index in [9.17, 15) is 0 Å². The van der Waals surface area contributed by atoms with Gasteiger partial charge in [0.2, 0.25) is 5.89 Å². The minimum atomic E-state index is 0.281. The van der Waals surface area contributed by atoms with E-state index in [-0.39, 0.29) is 6.04 Å². The molecule has 0 radical (unpaired) electrons. The van der Waals surface area contributed by atoms with Gasteiger partial charge in [0.25, 0.3) is 5.89 Å². The van der Waals surface area contributed by atoms with Crippen molar-refractivity contribution >= 4 is 11.3 Å². The molecule has 0 spiro atoms. The van der Waals surface area contributed by atoms with Gasteiger partial charge < -0.3 is 4.42 Å². The fourth-order valence-electron chi connectivity index (χ4n) is 4.07. The van der Waals surface area contributed by atoms with E-state index in [2.05, 4.69) is 80.7 Å². The highest BCUT2D eigenvalue weighted by molar-refractivity contribution is 7.13. The first-order chi connectivity index (χ1) is 14.9. The van der Waals surface area contributed by atoms with Crippen LogP contribution in [0.15, 0.2) is 82.6 Å². The molecule has 0 unspecified atom stereocenters. The minimum absolute atomic E-state index is 0.281. The van der Waals surface area contributed by atoms with Crippen LogP contribution in [0.3, 0.4) is 0 Å². The van der Waals surface area contributed by atoms with Crippen LogP contribution in [0.1, 0.15) is 23.1 Å². The number of hydrogen-bond donors (Lipinski definition) is 0. The van der Waals surface area contributed by atoms with Gasteiger partial charge in [-0.25, -0.2) is 0 Å². The van der Waals surface area contributed by atoms with Gasteiger partial charge in [-0.2, -0.15) is 0 Å². The maximum absolute atomic E-state index is 5.88. The summed E-state index contributed by atoms with van der Waals surface area (Å²) in [5, 5.41) is 10.5. The third-order valence-electron chi connectivity index (χ3n) is 5.56. The third-order valence-corrected chi connectivity index (χ3v) is 6.42. The lowest BCUT2D eigenvalue weighted by molar-refractivity contribution is 0.0986. The van der Waals surface area contributed by atoms with Crippen LogP contribution in [0.25, 0.3) is 10.8 Å². The highest BCUT2D eigenvalue weighted by Crippen LogP contribution is 2.30. The Labute approximate surface area is 180 Å². The third kappa shape index (κ3) is 4.21. The molecular weight excluding hydrogens is 392 g/mol. The summed E-state index contributed by atoms with van der Waals surface area (Å²) >= 11 is 1.62. The molecule has 30 heavy (non-hydrogen) atoms. The summed E-state index contributed by atoms with van der Waals surface area (Å²) in [6, 6.07) is 25.9. The average Bonchev–Trinajstić information content (AvgIpc) is 3.49. The van der Waals surface area contributed by atoms with Crippen molar-refractivity contribution in [1.82, 2.24) is 20.0 Å². The van der Waals surface area contributed by atoms with E-state index >= 15 is 0 Å². The van der Waals surface area contributed by atoms with Crippen LogP contribution >= 0.6 is 11.3 Å². The molecule has 0 saturated carbocycles. The van der Waals surface area contributed by atoms with E-state index in [1.54, 1.807) is 11.3 Å². The van der Waals surface area contributed by atoms with Crippen LogP contribution in [-0.4, -0.2) is 46.2 Å². The van der Waals surface area contributed by atoms with E-state index in [1.807, 2.05) is 17.5 Å². The molecule has 2 aromatic heterocycles. The Morgan fingerprint density at radius 3 is 2.07 bits per heavy atom. The number of aromatic nitrogens is 2. The van der Waals surface area contributed by atoms with Crippen LogP contribution in [0.5, 0.6) is 0 Å². The standard InChI is InChI=1S/C24H24N4OS/c1-3-8-19(9-4-1)23(20-10-5-2-6-11-20)28-15-13-27(14-16-28)18-22-25-26-24(29-22)21-12-7-17-30-21/h1-12,17,23H,13-16,18H2. The fourth-order valence-corrected chi connectivity index (χ4v) is 4.72. The molecule has 5 nitrogen and oxygen atoms in total. The van der Waals surface area contributed by atoms with Gasteiger partial charge in [0.15, 0.2) is 0 Å². The molecular formula is C24H24N4OS. The molecule has 0 aliphatic carbocycles. The maximum Gasteiger partial charge on any atom is 0.257 e. The van der Waals surface area contributed by atoms with Gasteiger partial charge in [-0.15, -0.1) is 21.5 Å². The number of nitrogens with zero attached hydrogens (tertiary/aromatic N) is 4. The number of piperazine rings is 1. The Balaban J connectivity index is 1.26. The fraction of sp³-hybridized carbons (Fsp3) is 0.250. The molecule has 1 aliphatic heterocycles. The Morgan fingerprint density at radius 1 is 0.800 bits per heavy atom. The van der Waals surface area contributed by atoms with Gasteiger partial charge in [-0.1, -0.05) is 66.7 Å². The normalized spacial score (nSPS) is 15.6. The predicted octanol–water partition coefficient (Wildman–Crippen LogP) is 4.71. The van der Waals surface area contributed by atoms with E-state index in [0.717, 1.165) is 31.1 Å². The molecule has 3 heterocycles. The Kier molecular flexibility index (Phi) is 5.70. The molecule has 1 aliphatic rings. The summed E-state index contributed by atoms with van der Waals surface area (Å²) in [5.41, 5.74) is 2.68. The van der Waals surface area contributed by atoms with Crippen LogP contribution in [0.2, 0.25) is 0 Å². The first-order valence-corrected chi connectivity index (χ1v) is 11.2. The summed E-state index contributed by atoms with van der Waals surface area (Å²) in [6.07, 6.45) is 0. The number of benzene rings is 2. The van der Waals surface area contributed by atoms with Crippen molar-refractivity contribution < 1.29 is 4.42 Å². The minimum Gasteiger partial charge on any atom is -0.419 e. The van der Waals surface area contributed by atoms with Gasteiger partial charge in [-0.05, 0) is 22.6 Å². The Hall–Kier alpha value is -2.80. The second-order valence-electron chi connectivity index (χ2n) is 7.51. The molecule has 152 valence electrons. The monoisotopic (exact) mass is 416 g/mol. The summed E-state index contributed by atoms with van der Waals surface area (Å²) in [6.45, 7) is 4.66. The van der Waals surface area contributed by atoms with Crippen molar-refractivity contribution in [3.63, 3.8) is 0 Å². The van der Waals surface area contributed by atoms with Crippen LogP contribution < -0.4 is 0 Å². The molecule has 2 aromatic carbocycles. The molecule has 0 N–H and O–H groups in total. The van der Waals surface area contributed by atoms with Gasteiger partial charge in [0.05, 0.1) is 17.5 Å². The maximum atomic E-state index is 5.88. The first-order valence-electron chi connectivity index (χ1n) is 10.3. The molecule has 1 fully saturated rings. The van der Waals surface area contributed by atoms with Crippen molar-refractivity contribution in [2.45, 2.75) is 12.6 Å². The second-order valence-corrected chi connectivity index (χ2v) is 8.46. The quantitative estimate of drug-likeness (QED) is 0.456. The topological polar surface area (TPSA) is 45.4 Å². The number of thiophene rings is 1. The highest BCUT2D eigenvalue weighted by atomic mass is 32.1. The second kappa shape index (κ2) is 8.92. The van der Waals surface area contributed by atoms with Crippen LogP contribution in [0, 0.1) is 0 Å². The summed E-state index contributed by atoms with van der Waals surface area (Å²) in [5.74, 6) is 1.31. The SMILES string of the molecule is c1ccc(C(c2ccccc2)N2CCN(Cc3nnc(-c4cccs4)o3)CC2)cc1. The lowest BCUT2D eigenvalue weighted by Gasteiger charge is -2.39. The van der Waals surface area contributed by atoms with Crippen molar-refractivity contribution in [3.8, 4) is 10.8 Å². The zero-order chi connectivity index (χ0) is 20.2. The number of rotatable bonds is 6. The first kappa shape index (κ1) is 19.2. The van der Waals surface area contributed by atoms with Gasteiger partial charge in [-0.3, -0.25) is 9.80 Å². The predicted molar refractivity (Wildman–Crippen MR) is 119 cm³/mol. The lowest BCUT2D eigenvalue weighted by atomic mass is 9.96. The average molecular weight is 417 g/mol. The zero-order valence-corrected chi connectivity index (χ0v) is 17.5. The molecule has 6 heteroatoms. The summed E-state index contributed by atoms with van der Waals surface area (Å²) in [4.78, 5) is 5.99. The lowest BCUT2D eigenvalue weighted by Crippen LogP contribution is -2.47. The van der Waals surface area contributed by atoms with Gasteiger partial charge in [0.1, 0.15) is 0 Å². The Bertz CT molecular complexity index is 1000. The summed E-state index contributed by atoms with van der Waals surface area (Å²) < 4.78 is 5.88. The number of hydrogen-bond acceptors (Lipinski definition) is 6. The van der Waals surface area contributed by atoms with Crippen LogP contribution in [-0.2, 0) is 6.54 Å². The Morgan fingerprint density at radius 2 is 1.47 bits per heavy atom. The summed E-state index contributed by atoms with van der Waals surface area (Å²) in [7, 11) is 0. The van der Waals surface area contributed by atoms with E-state index in [1.165, 1.54) is 11.1 Å². The molecule has 0 amide bonds. The van der Waals surface area contributed by atoms with Crippen LogP contribution in [0.4, 0.5) is 0 Å². The zero-order valence-electron chi connectivity index (χ0n) is 16.7. The molecule has 4 aromatic rings. The molecule has 0 atom stereocenters. The van der Waals surface area contributed by atoms with Crippen molar-refractivity contribution in [3.05, 3.63) is 95.2 Å². The highest BCUT2D eigenvalue weighted by Gasteiger charge is 2.27. The van der Waals surface area contributed by atoms with Crippen molar-refractivity contribution in [2.75, 3.05) is 26.2 Å². The van der Waals surface area contributed by atoms with E-state index in [4.69, 9.17) is 4.42 Å². The van der Waals surface area contributed by atoms with E-state index in [0.29, 0.717) is 18.3 Å². The van der Waals surface area contributed by atoms with Gasteiger partial charge in [0, 0.05) is 26.2 Å². The largest absolute Gasteiger partial charge is 0.419 e. The van der Waals surface area contributed by atoms with E-state index < -0.39 is 0 Å². The van der Waals surface area contributed by atoms with Gasteiger partial charge >= 0.3 is 0 Å². The smallest absolute Gasteiger partial charge is 0.257 e. The molecule has 5 rings (SSSR count). The van der Waals surface area contributed by atoms with Crippen molar-refractivity contribution in [1.29, 1.82) is 0 Å².